The highest BCUT2D eigenvalue weighted by molar-refractivity contribution is 5.94. The molecule has 1 aliphatic rings. The van der Waals surface area contributed by atoms with Gasteiger partial charge in [-0.15, -0.1) is 0 Å². The first-order chi connectivity index (χ1) is 12.2. The van der Waals surface area contributed by atoms with E-state index in [1.807, 2.05) is 24.3 Å². The molecule has 0 aliphatic carbocycles. The third kappa shape index (κ3) is 3.08. The summed E-state index contributed by atoms with van der Waals surface area (Å²) < 4.78 is 0. The molecule has 3 heterocycles. The first-order valence-electron chi connectivity index (χ1n) is 8.41. The van der Waals surface area contributed by atoms with Gasteiger partial charge in [-0.05, 0) is 17.5 Å². The second kappa shape index (κ2) is 6.57. The van der Waals surface area contributed by atoms with Gasteiger partial charge in [0, 0.05) is 50.2 Å². The summed E-state index contributed by atoms with van der Waals surface area (Å²) >= 11 is 0. The Hall–Kier alpha value is -2.86. The van der Waals surface area contributed by atoms with Gasteiger partial charge in [-0.3, -0.25) is 4.79 Å². The van der Waals surface area contributed by atoms with E-state index in [1.165, 1.54) is 0 Å². The molecule has 128 valence electrons. The fourth-order valence-electron chi connectivity index (χ4n) is 3.36. The molecule has 0 saturated carbocycles. The molecular weight excluding hydrogens is 316 g/mol. The van der Waals surface area contributed by atoms with Crippen LogP contribution in [0.2, 0.25) is 0 Å². The predicted molar refractivity (Wildman–Crippen MR) is 96.7 cm³/mol. The topological polar surface area (TPSA) is 72.5 Å². The van der Waals surface area contributed by atoms with Crippen molar-refractivity contribution in [1.82, 2.24) is 14.9 Å². The first kappa shape index (κ1) is 15.7. The number of nitrogens with one attached hydrogen (secondary N) is 1. The van der Waals surface area contributed by atoms with Crippen LogP contribution in [-0.2, 0) is 0 Å². The Balaban J connectivity index is 1.60. The number of hydrogen-bond acceptors (Lipinski definition) is 4. The molecule has 6 heteroatoms. The molecule has 1 aliphatic heterocycles. The average molecular weight is 336 g/mol. The van der Waals surface area contributed by atoms with Crippen molar-refractivity contribution in [2.75, 3.05) is 31.1 Å². The molecule has 2 N–H and O–H groups in total. The van der Waals surface area contributed by atoms with Crippen molar-refractivity contribution in [1.29, 1.82) is 0 Å². The summed E-state index contributed by atoms with van der Waals surface area (Å²) in [5.41, 5.74) is 0.615. The van der Waals surface area contributed by atoms with Crippen LogP contribution in [-0.4, -0.2) is 58.2 Å². The number of amides is 1. The van der Waals surface area contributed by atoms with E-state index >= 15 is 0 Å². The second-order valence-corrected chi connectivity index (χ2v) is 6.31. The molecule has 1 aromatic carbocycles. The maximum atomic E-state index is 12.6. The summed E-state index contributed by atoms with van der Waals surface area (Å²) in [5.74, 6) is 0.793. The van der Waals surface area contributed by atoms with Gasteiger partial charge >= 0.3 is 0 Å². The molecule has 25 heavy (non-hydrogen) atoms. The minimum atomic E-state index is -0.619. The fraction of sp³-hybridized carbons (Fsp3) is 0.263. The summed E-state index contributed by atoms with van der Waals surface area (Å²) in [4.78, 5) is 23.8. The number of aromatic amines is 1. The predicted octanol–water partition coefficient (Wildman–Crippen LogP) is 1.89. The minimum Gasteiger partial charge on any atom is -0.389 e. The number of rotatable bonds is 2. The molecule has 6 nitrogen and oxygen atoms in total. The number of pyridine rings is 1. The molecule has 0 radical (unpaired) electrons. The highest BCUT2D eigenvalue weighted by Gasteiger charge is 2.26. The zero-order chi connectivity index (χ0) is 17.2. The van der Waals surface area contributed by atoms with E-state index in [0.717, 1.165) is 16.6 Å². The van der Waals surface area contributed by atoms with Crippen LogP contribution in [0.5, 0.6) is 0 Å². The molecule has 0 unspecified atom stereocenters. The number of H-pyrrole nitrogens is 1. The molecule has 1 atom stereocenters. The van der Waals surface area contributed by atoms with Gasteiger partial charge in [-0.2, -0.15) is 0 Å². The number of aliphatic hydroxyl groups is 1. The summed E-state index contributed by atoms with van der Waals surface area (Å²) in [6.07, 6.45) is 4.58. The molecule has 2 aromatic heterocycles. The van der Waals surface area contributed by atoms with E-state index in [1.54, 1.807) is 29.6 Å². The highest BCUT2D eigenvalue weighted by atomic mass is 16.3. The molecule has 1 amide bonds. The fourth-order valence-corrected chi connectivity index (χ4v) is 3.36. The van der Waals surface area contributed by atoms with Crippen LogP contribution in [0, 0.1) is 0 Å². The molecule has 4 rings (SSSR count). The number of fused-ring (bicyclic) bond motifs is 1. The summed E-state index contributed by atoms with van der Waals surface area (Å²) in [6.45, 7) is 1.96. The minimum absolute atomic E-state index is 0.0620. The largest absolute Gasteiger partial charge is 0.389 e. The normalized spacial score (nSPS) is 18.4. The van der Waals surface area contributed by atoms with Gasteiger partial charge in [0.2, 0.25) is 0 Å². The number of anilines is 1. The van der Waals surface area contributed by atoms with Gasteiger partial charge in [0.15, 0.2) is 0 Å². The smallest absolute Gasteiger partial charge is 0.255 e. The van der Waals surface area contributed by atoms with Gasteiger partial charge in [0.1, 0.15) is 5.82 Å². The molecule has 0 spiro atoms. The van der Waals surface area contributed by atoms with Gasteiger partial charge in [0.05, 0.1) is 11.7 Å². The quantitative estimate of drug-likeness (QED) is 0.750. The van der Waals surface area contributed by atoms with E-state index < -0.39 is 6.10 Å². The average Bonchev–Trinajstić information content (AvgIpc) is 3.10. The highest BCUT2D eigenvalue weighted by Crippen LogP contribution is 2.25. The van der Waals surface area contributed by atoms with Crippen molar-refractivity contribution in [3.05, 3.63) is 60.6 Å². The first-order valence-corrected chi connectivity index (χ1v) is 8.41. The maximum absolute atomic E-state index is 12.6. The third-order valence-electron chi connectivity index (χ3n) is 4.59. The Morgan fingerprint density at radius 3 is 2.88 bits per heavy atom. The standard InChI is InChI=1S/C19H20N4O2/c24-16-12-22(18-17-4-2-1-3-14(17)6-8-21-18)9-10-23(13-16)19(25)15-5-7-20-11-15/h1-8,11,16,20,24H,9-10,12-13H2/t16-/m0/s1. The lowest BCUT2D eigenvalue weighted by atomic mass is 10.1. The lowest BCUT2D eigenvalue weighted by molar-refractivity contribution is 0.0674. The van der Waals surface area contributed by atoms with Crippen molar-refractivity contribution in [2.24, 2.45) is 0 Å². The summed E-state index contributed by atoms with van der Waals surface area (Å²) in [5, 5.41) is 12.6. The van der Waals surface area contributed by atoms with Gasteiger partial charge in [-0.25, -0.2) is 4.98 Å². The summed E-state index contributed by atoms with van der Waals surface area (Å²) in [6, 6.07) is 11.8. The van der Waals surface area contributed by atoms with Crippen molar-refractivity contribution in [2.45, 2.75) is 6.10 Å². The number of β-amino-alcohol motifs (C(OH)–C–C–N with tert-alkyl or cyclic N) is 1. The van der Waals surface area contributed by atoms with E-state index in [2.05, 4.69) is 20.9 Å². The SMILES string of the molecule is O=C(c1cc[nH]c1)N1CCN(c2nccc3ccccc23)C[C@H](O)C1. The van der Waals surface area contributed by atoms with Crippen molar-refractivity contribution >= 4 is 22.5 Å². The van der Waals surface area contributed by atoms with Crippen LogP contribution >= 0.6 is 0 Å². The second-order valence-electron chi connectivity index (χ2n) is 6.31. The van der Waals surface area contributed by atoms with Crippen LogP contribution in [0.1, 0.15) is 10.4 Å². The van der Waals surface area contributed by atoms with Crippen LogP contribution in [0.15, 0.2) is 55.0 Å². The molecule has 3 aromatic rings. The van der Waals surface area contributed by atoms with Crippen LogP contribution in [0.25, 0.3) is 10.8 Å². The monoisotopic (exact) mass is 336 g/mol. The Morgan fingerprint density at radius 1 is 1.16 bits per heavy atom. The van der Waals surface area contributed by atoms with Gasteiger partial charge in [0.25, 0.3) is 5.91 Å². The molecule has 1 saturated heterocycles. The van der Waals surface area contributed by atoms with Crippen molar-refractivity contribution < 1.29 is 9.90 Å². The number of nitrogens with zero attached hydrogens (tertiary/aromatic N) is 3. The Kier molecular flexibility index (Phi) is 4.11. The van der Waals surface area contributed by atoms with Gasteiger partial charge in [-0.1, -0.05) is 24.3 Å². The molecule has 1 fully saturated rings. The summed E-state index contributed by atoms with van der Waals surface area (Å²) in [7, 11) is 0. The number of carbonyl (C=O) groups is 1. The molecule has 0 bridgehead atoms. The van der Waals surface area contributed by atoms with Gasteiger partial charge < -0.3 is 19.9 Å². The van der Waals surface area contributed by atoms with Crippen LogP contribution in [0.3, 0.4) is 0 Å². The van der Waals surface area contributed by atoms with Crippen LogP contribution in [0.4, 0.5) is 5.82 Å². The van der Waals surface area contributed by atoms with E-state index in [-0.39, 0.29) is 5.91 Å². The third-order valence-corrected chi connectivity index (χ3v) is 4.59. The number of hydrogen-bond donors (Lipinski definition) is 2. The number of aliphatic hydroxyl groups excluding tert-OH is 1. The molecular formula is C19H20N4O2. The number of carbonyl (C=O) groups excluding carboxylic acids is 1. The zero-order valence-corrected chi connectivity index (χ0v) is 13.8. The Morgan fingerprint density at radius 2 is 2.04 bits per heavy atom. The zero-order valence-electron chi connectivity index (χ0n) is 13.8. The number of aromatic nitrogens is 2. The van der Waals surface area contributed by atoms with E-state index in [0.29, 0.717) is 31.7 Å². The maximum Gasteiger partial charge on any atom is 0.255 e. The Bertz CT molecular complexity index is 873. The van der Waals surface area contributed by atoms with Crippen molar-refractivity contribution in [3.63, 3.8) is 0 Å². The lowest BCUT2D eigenvalue weighted by Gasteiger charge is -2.24. The number of benzene rings is 1. The van der Waals surface area contributed by atoms with E-state index in [9.17, 15) is 9.90 Å². The lowest BCUT2D eigenvalue weighted by Crippen LogP contribution is -2.37. The van der Waals surface area contributed by atoms with Crippen LogP contribution < -0.4 is 4.90 Å². The van der Waals surface area contributed by atoms with Crippen molar-refractivity contribution in [3.8, 4) is 0 Å². The Labute approximate surface area is 145 Å². The van der Waals surface area contributed by atoms with E-state index in [4.69, 9.17) is 0 Å².